The zero-order valence-corrected chi connectivity index (χ0v) is 26.9. The third-order valence-electron chi connectivity index (χ3n) is 4.84. The number of hydrogen-bond donors (Lipinski definition) is 1. The van der Waals surface area contributed by atoms with Crippen LogP contribution in [0.3, 0.4) is 0 Å². The highest BCUT2D eigenvalue weighted by Crippen LogP contribution is 2.36. The molecule has 2 N–H and O–H groups in total. The molecule has 4 aromatic rings. The van der Waals surface area contributed by atoms with E-state index >= 15 is 0 Å². The maximum atomic E-state index is 6.16. The number of ether oxygens (including phenoxy) is 1. The maximum Gasteiger partial charge on any atom is 0.217 e. The van der Waals surface area contributed by atoms with Crippen molar-refractivity contribution in [3.63, 3.8) is 0 Å². The van der Waals surface area contributed by atoms with E-state index in [2.05, 4.69) is 19.9 Å². The van der Waals surface area contributed by atoms with Gasteiger partial charge in [0.15, 0.2) is 10.3 Å². The molecule has 14 heteroatoms. The molecule has 0 amide bonds. The van der Waals surface area contributed by atoms with Crippen LogP contribution in [0.5, 0.6) is 5.88 Å². The summed E-state index contributed by atoms with van der Waals surface area (Å²) in [4.78, 5) is 17.0. The first kappa shape index (κ1) is 32.2. The van der Waals surface area contributed by atoms with Crippen LogP contribution < -0.4 is 10.5 Å². The summed E-state index contributed by atoms with van der Waals surface area (Å²) < 4.78 is 5.12. The number of methoxy groups -OCH3 is 1. The standard InChI is InChI=1S/C13H11Cl3N2OS.C12H10Cl3N3S/c1-7-5-11(19-2)18-13(17-7)20-6-8-9(14)3-4-10(15)12(8)16;1-6-4-10(16)18-12(17-6)19-5-7-8(13)2-3-9(14)11(7)15/h3-5H,6H2,1-2H3;2-4H,5H2,1H3,(H2,16,17,18). The monoisotopic (exact) mass is 681 g/mol. The molecule has 0 saturated heterocycles. The second-order valence-corrected chi connectivity index (χ2v) is 12.0. The van der Waals surface area contributed by atoms with E-state index in [-0.39, 0.29) is 0 Å². The molecule has 2 aromatic carbocycles. The smallest absolute Gasteiger partial charge is 0.217 e. The Hall–Kier alpha value is -1.36. The fourth-order valence-corrected chi connectivity index (χ4v) is 6.56. The molecule has 39 heavy (non-hydrogen) atoms. The van der Waals surface area contributed by atoms with Crippen molar-refractivity contribution >= 4 is 98.9 Å². The molecule has 2 heterocycles. The molecule has 2 aromatic heterocycles. The van der Waals surface area contributed by atoms with Gasteiger partial charge in [-0.3, -0.25) is 0 Å². The van der Waals surface area contributed by atoms with E-state index < -0.39 is 0 Å². The predicted molar refractivity (Wildman–Crippen MR) is 167 cm³/mol. The van der Waals surface area contributed by atoms with Crippen LogP contribution in [0.25, 0.3) is 0 Å². The molecule has 206 valence electrons. The van der Waals surface area contributed by atoms with Gasteiger partial charge in [0.25, 0.3) is 0 Å². The lowest BCUT2D eigenvalue weighted by Crippen LogP contribution is -1.97. The molecule has 6 nitrogen and oxygen atoms in total. The van der Waals surface area contributed by atoms with E-state index in [0.717, 1.165) is 22.5 Å². The Bertz CT molecular complexity index is 1460. The first-order valence-electron chi connectivity index (χ1n) is 11.0. The van der Waals surface area contributed by atoms with Crippen molar-refractivity contribution in [2.45, 2.75) is 35.7 Å². The second kappa shape index (κ2) is 15.0. The Morgan fingerprint density at radius 3 is 1.56 bits per heavy atom. The van der Waals surface area contributed by atoms with Crippen LogP contribution >= 0.6 is 93.1 Å². The lowest BCUT2D eigenvalue weighted by molar-refractivity contribution is 0.391. The highest BCUT2D eigenvalue weighted by molar-refractivity contribution is 7.98. The topological polar surface area (TPSA) is 86.8 Å². The summed E-state index contributed by atoms with van der Waals surface area (Å²) in [6, 6.07) is 10.3. The molecular weight excluding hydrogens is 663 g/mol. The minimum Gasteiger partial charge on any atom is -0.481 e. The van der Waals surface area contributed by atoms with Crippen LogP contribution in [0.2, 0.25) is 30.1 Å². The fourth-order valence-electron chi connectivity index (χ4n) is 2.99. The maximum absolute atomic E-state index is 6.16. The average Bonchev–Trinajstić information content (AvgIpc) is 2.88. The number of hydrogen-bond acceptors (Lipinski definition) is 8. The summed E-state index contributed by atoms with van der Waals surface area (Å²) in [5.74, 6) is 2.04. The summed E-state index contributed by atoms with van der Waals surface area (Å²) in [7, 11) is 1.57. The van der Waals surface area contributed by atoms with Crippen LogP contribution in [-0.4, -0.2) is 27.0 Å². The summed E-state index contributed by atoms with van der Waals surface area (Å²) >= 11 is 39.3. The fraction of sp³-hybridized carbons (Fsp3) is 0.200. The van der Waals surface area contributed by atoms with Crippen LogP contribution in [0.1, 0.15) is 22.5 Å². The third-order valence-corrected chi connectivity index (χ3v) is 8.98. The average molecular weight is 684 g/mol. The highest BCUT2D eigenvalue weighted by Gasteiger charge is 2.13. The number of aryl methyl sites for hydroxylation is 2. The van der Waals surface area contributed by atoms with Gasteiger partial charge in [0, 0.05) is 56.2 Å². The lowest BCUT2D eigenvalue weighted by Gasteiger charge is -2.08. The van der Waals surface area contributed by atoms with Gasteiger partial charge in [-0.1, -0.05) is 93.1 Å². The van der Waals surface area contributed by atoms with Gasteiger partial charge in [-0.15, -0.1) is 0 Å². The van der Waals surface area contributed by atoms with Crippen molar-refractivity contribution in [1.29, 1.82) is 0 Å². The van der Waals surface area contributed by atoms with Gasteiger partial charge in [-0.05, 0) is 38.1 Å². The lowest BCUT2D eigenvalue weighted by atomic mass is 10.2. The summed E-state index contributed by atoms with van der Waals surface area (Å²) in [5, 5.41) is 4.22. The first-order chi connectivity index (χ1) is 18.5. The molecule has 0 fully saturated rings. The van der Waals surface area contributed by atoms with Crippen molar-refractivity contribution in [2.75, 3.05) is 12.8 Å². The van der Waals surface area contributed by atoms with Crippen LogP contribution in [0.4, 0.5) is 5.82 Å². The highest BCUT2D eigenvalue weighted by atomic mass is 35.5. The number of thioether (sulfide) groups is 2. The van der Waals surface area contributed by atoms with E-state index in [4.69, 9.17) is 80.1 Å². The number of rotatable bonds is 7. The van der Waals surface area contributed by atoms with Gasteiger partial charge in [0.2, 0.25) is 5.88 Å². The van der Waals surface area contributed by atoms with Crippen molar-refractivity contribution < 1.29 is 4.74 Å². The van der Waals surface area contributed by atoms with Gasteiger partial charge in [-0.2, -0.15) is 4.98 Å². The molecule has 0 bridgehead atoms. The van der Waals surface area contributed by atoms with Crippen LogP contribution in [-0.2, 0) is 11.5 Å². The Kier molecular flexibility index (Phi) is 12.4. The predicted octanol–water partition coefficient (Wildman–Crippen LogP) is 9.67. The Morgan fingerprint density at radius 1 is 0.667 bits per heavy atom. The van der Waals surface area contributed by atoms with Crippen molar-refractivity contribution in [3.05, 3.63) is 89.0 Å². The number of nitrogen functional groups attached to an aromatic ring is 1. The van der Waals surface area contributed by atoms with E-state index in [9.17, 15) is 0 Å². The molecule has 0 aliphatic carbocycles. The number of halogens is 6. The summed E-state index contributed by atoms with van der Waals surface area (Å²) in [5.41, 5.74) is 8.87. The van der Waals surface area contributed by atoms with Gasteiger partial charge >= 0.3 is 0 Å². The minimum absolute atomic E-state index is 0.443. The van der Waals surface area contributed by atoms with E-state index in [1.807, 2.05) is 13.8 Å². The third kappa shape index (κ3) is 9.33. The van der Waals surface area contributed by atoms with Crippen LogP contribution in [0, 0.1) is 13.8 Å². The molecular formula is C25H21Cl6N5OS2. The molecule has 0 atom stereocenters. The second-order valence-electron chi connectivity index (χ2n) is 7.77. The Balaban J connectivity index is 0.000000216. The van der Waals surface area contributed by atoms with Crippen LogP contribution in [0.15, 0.2) is 46.7 Å². The molecule has 0 aliphatic heterocycles. The number of nitrogens with two attached hydrogens (primary N) is 1. The van der Waals surface area contributed by atoms with Crippen molar-refractivity contribution in [2.24, 2.45) is 0 Å². The van der Waals surface area contributed by atoms with Gasteiger partial charge in [0.1, 0.15) is 5.82 Å². The molecule has 0 saturated carbocycles. The zero-order chi connectivity index (χ0) is 28.7. The van der Waals surface area contributed by atoms with Gasteiger partial charge in [-0.25, -0.2) is 15.0 Å². The summed E-state index contributed by atoms with van der Waals surface area (Å²) in [6.07, 6.45) is 0. The number of benzene rings is 2. The number of nitrogens with zero attached hydrogens (tertiary/aromatic N) is 4. The van der Waals surface area contributed by atoms with Gasteiger partial charge < -0.3 is 10.5 Å². The van der Waals surface area contributed by atoms with E-state index in [0.29, 0.717) is 63.7 Å². The zero-order valence-electron chi connectivity index (χ0n) is 20.7. The first-order valence-corrected chi connectivity index (χ1v) is 15.2. The minimum atomic E-state index is 0.443. The van der Waals surface area contributed by atoms with E-state index in [1.54, 1.807) is 43.5 Å². The Morgan fingerprint density at radius 2 is 1.10 bits per heavy atom. The van der Waals surface area contributed by atoms with Crippen molar-refractivity contribution in [1.82, 2.24) is 19.9 Å². The molecule has 4 rings (SSSR count). The van der Waals surface area contributed by atoms with Gasteiger partial charge in [0.05, 0.1) is 27.2 Å². The molecule has 0 radical (unpaired) electrons. The van der Waals surface area contributed by atoms with Crippen molar-refractivity contribution in [3.8, 4) is 5.88 Å². The normalized spacial score (nSPS) is 10.7. The Labute approximate surface area is 265 Å². The molecule has 0 unspecified atom stereocenters. The quantitative estimate of drug-likeness (QED) is 0.117. The SMILES string of the molecule is COc1cc(C)nc(SCc2c(Cl)ccc(Cl)c2Cl)n1.Cc1cc(N)nc(SCc2c(Cl)ccc(Cl)c2Cl)n1. The molecule has 0 aliphatic rings. The number of anilines is 1. The number of aromatic nitrogens is 4. The van der Waals surface area contributed by atoms with E-state index in [1.165, 1.54) is 23.5 Å². The molecule has 0 spiro atoms. The summed E-state index contributed by atoms with van der Waals surface area (Å²) in [6.45, 7) is 3.75. The largest absolute Gasteiger partial charge is 0.481 e.